The van der Waals surface area contributed by atoms with Gasteiger partial charge in [0, 0.05) is 18.5 Å². The molecule has 0 aliphatic heterocycles. The highest BCUT2D eigenvalue weighted by atomic mass is 32.1. The van der Waals surface area contributed by atoms with Crippen molar-refractivity contribution in [3.8, 4) is 0 Å². The SMILES string of the molecule is CC(=O)Nc1nn2[nH]c(C)nc2c1N=Nc1nc(C)ns1. The molecule has 3 heterocycles. The van der Waals surface area contributed by atoms with Gasteiger partial charge in [0.1, 0.15) is 11.6 Å². The first-order valence-corrected chi connectivity index (χ1v) is 6.75. The third-order valence-electron chi connectivity index (χ3n) is 2.42. The van der Waals surface area contributed by atoms with Gasteiger partial charge in [-0.15, -0.1) is 20.0 Å². The summed E-state index contributed by atoms with van der Waals surface area (Å²) >= 11 is 1.14. The van der Waals surface area contributed by atoms with E-state index in [0.717, 1.165) is 11.5 Å². The minimum atomic E-state index is -0.254. The smallest absolute Gasteiger partial charge is 0.249 e. The van der Waals surface area contributed by atoms with Crippen molar-refractivity contribution in [2.75, 3.05) is 5.32 Å². The van der Waals surface area contributed by atoms with Gasteiger partial charge in [0.25, 0.3) is 0 Å². The molecule has 0 unspecified atom stereocenters. The number of aromatic nitrogens is 6. The maximum absolute atomic E-state index is 11.2. The van der Waals surface area contributed by atoms with Gasteiger partial charge in [0.15, 0.2) is 11.5 Å². The van der Waals surface area contributed by atoms with Crippen LogP contribution in [0.2, 0.25) is 0 Å². The van der Waals surface area contributed by atoms with Crippen molar-refractivity contribution in [2.24, 2.45) is 10.2 Å². The lowest BCUT2D eigenvalue weighted by Crippen LogP contribution is -2.06. The molecule has 10 nitrogen and oxygen atoms in total. The monoisotopic (exact) mass is 305 g/mol. The second kappa shape index (κ2) is 5.01. The number of nitrogens with zero attached hydrogens (tertiary/aromatic N) is 7. The summed E-state index contributed by atoms with van der Waals surface area (Å²) < 4.78 is 5.45. The number of azo groups is 1. The van der Waals surface area contributed by atoms with Gasteiger partial charge in [-0.1, -0.05) is 0 Å². The van der Waals surface area contributed by atoms with Gasteiger partial charge < -0.3 is 5.32 Å². The van der Waals surface area contributed by atoms with Crippen LogP contribution in [0, 0.1) is 13.8 Å². The van der Waals surface area contributed by atoms with Crippen LogP contribution < -0.4 is 5.32 Å². The van der Waals surface area contributed by atoms with Crippen LogP contribution in [-0.4, -0.2) is 35.1 Å². The number of hydrogen-bond donors (Lipinski definition) is 2. The number of hydrogen-bond acceptors (Lipinski definition) is 8. The first-order valence-electron chi connectivity index (χ1n) is 5.98. The zero-order valence-electron chi connectivity index (χ0n) is 11.4. The molecule has 0 aliphatic rings. The molecule has 0 saturated carbocycles. The number of nitrogens with one attached hydrogen (secondary N) is 2. The van der Waals surface area contributed by atoms with Crippen molar-refractivity contribution in [2.45, 2.75) is 20.8 Å². The van der Waals surface area contributed by atoms with Crippen LogP contribution in [0.15, 0.2) is 10.2 Å². The van der Waals surface area contributed by atoms with Crippen LogP contribution in [0.5, 0.6) is 0 Å². The maximum atomic E-state index is 11.2. The molecule has 3 aromatic rings. The third-order valence-corrected chi connectivity index (χ3v) is 3.12. The average Bonchev–Trinajstić information content (AvgIpc) is 3.02. The first-order chi connectivity index (χ1) is 10.0. The molecule has 0 aliphatic carbocycles. The number of carbonyl (C=O) groups is 1. The third kappa shape index (κ3) is 2.63. The molecular formula is C10H11N9OS. The van der Waals surface area contributed by atoms with Gasteiger partial charge in [-0.05, 0) is 13.8 Å². The first kappa shape index (κ1) is 13.3. The molecule has 0 spiro atoms. The van der Waals surface area contributed by atoms with Crippen LogP contribution in [-0.2, 0) is 4.79 Å². The molecule has 0 bridgehead atoms. The Kier molecular flexibility index (Phi) is 3.17. The zero-order valence-corrected chi connectivity index (χ0v) is 12.3. The molecule has 2 N–H and O–H groups in total. The Hall–Kier alpha value is -2.69. The number of fused-ring (bicyclic) bond motifs is 1. The fourth-order valence-corrected chi connectivity index (χ4v) is 2.18. The molecule has 0 aromatic carbocycles. The van der Waals surface area contributed by atoms with Crippen LogP contribution in [0.1, 0.15) is 18.6 Å². The van der Waals surface area contributed by atoms with E-state index in [2.05, 4.69) is 40.1 Å². The normalized spacial score (nSPS) is 11.6. The van der Waals surface area contributed by atoms with Crippen LogP contribution in [0.3, 0.4) is 0 Å². The van der Waals surface area contributed by atoms with Crippen LogP contribution in [0.4, 0.5) is 16.6 Å². The van der Waals surface area contributed by atoms with E-state index in [9.17, 15) is 4.79 Å². The summed E-state index contributed by atoms with van der Waals surface area (Å²) in [5.41, 5.74) is 0.837. The highest BCUT2D eigenvalue weighted by molar-refractivity contribution is 7.09. The molecule has 1 amide bonds. The molecule has 3 rings (SSSR count). The number of anilines is 1. The molecule has 0 radical (unpaired) electrons. The van der Waals surface area contributed by atoms with E-state index in [4.69, 9.17) is 0 Å². The topological polar surface area (TPSA) is 126 Å². The van der Waals surface area contributed by atoms with E-state index in [0.29, 0.717) is 28.1 Å². The summed E-state index contributed by atoms with van der Waals surface area (Å²) in [4.78, 5) is 19.6. The predicted molar refractivity (Wildman–Crippen MR) is 75.2 cm³/mol. The standard InChI is InChI=1S/C10H11N9OS/c1-4-11-9-7(14-15-10-12-5(2)18-21-10)8(13-6(3)20)17-19(9)16-4/h1-3H3,(H,11,16)(H,13,17,20). The summed E-state index contributed by atoms with van der Waals surface area (Å²) in [6.45, 7) is 4.96. The second-order valence-electron chi connectivity index (χ2n) is 4.25. The fraction of sp³-hybridized carbons (Fsp3) is 0.300. The molecule has 108 valence electrons. The Morgan fingerprint density at radius 1 is 1.33 bits per heavy atom. The maximum Gasteiger partial charge on any atom is 0.249 e. The molecule has 0 fully saturated rings. The zero-order chi connectivity index (χ0) is 15.0. The van der Waals surface area contributed by atoms with Crippen molar-refractivity contribution in [3.63, 3.8) is 0 Å². The van der Waals surface area contributed by atoms with Gasteiger partial charge in [0.05, 0.1) is 0 Å². The Labute approximate surface area is 122 Å². The van der Waals surface area contributed by atoms with E-state index < -0.39 is 0 Å². The Bertz CT molecular complexity index is 842. The van der Waals surface area contributed by atoms with E-state index in [1.165, 1.54) is 11.6 Å². The van der Waals surface area contributed by atoms with E-state index in [-0.39, 0.29) is 11.7 Å². The minimum absolute atomic E-state index is 0.254. The Balaban J connectivity index is 2.04. The minimum Gasteiger partial charge on any atom is -0.307 e. The predicted octanol–water partition coefficient (Wildman–Crippen LogP) is 1.90. The molecule has 0 saturated heterocycles. The highest BCUT2D eigenvalue weighted by Crippen LogP contribution is 2.30. The Morgan fingerprint density at radius 3 is 2.81 bits per heavy atom. The molecule has 21 heavy (non-hydrogen) atoms. The second-order valence-corrected chi connectivity index (χ2v) is 4.98. The molecular weight excluding hydrogens is 294 g/mol. The van der Waals surface area contributed by atoms with E-state index in [1.807, 2.05) is 0 Å². The summed E-state index contributed by atoms with van der Waals surface area (Å²) in [7, 11) is 0. The molecule has 0 atom stereocenters. The van der Waals surface area contributed by atoms with Crippen molar-refractivity contribution >= 4 is 39.7 Å². The number of H-pyrrole nitrogens is 1. The van der Waals surface area contributed by atoms with E-state index >= 15 is 0 Å². The summed E-state index contributed by atoms with van der Waals surface area (Å²) in [6, 6.07) is 0. The molecule has 11 heteroatoms. The van der Waals surface area contributed by atoms with Gasteiger partial charge >= 0.3 is 0 Å². The lowest BCUT2D eigenvalue weighted by molar-refractivity contribution is -0.114. The lowest BCUT2D eigenvalue weighted by Gasteiger charge is -1.96. The van der Waals surface area contributed by atoms with Gasteiger partial charge in [-0.2, -0.15) is 4.37 Å². The summed E-state index contributed by atoms with van der Waals surface area (Å²) in [5, 5.41) is 18.2. The Morgan fingerprint density at radius 2 is 2.14 bits per heavy atom. The largest absolute Gasteiger partial charge is 0.307 e. The van der Waals surface area contributed by atoms with Crippen molar-refractivity contribution in [1.82, 2.24) is 29.2 Å². The quantitative estimate of drug-likeness (QED) is 0.715. The van der Waals surface area contributed by atoms with Crippen LogP contribution in [0.25, 0.3) is 5.65 Å². The van der Waals surface area contributed by atoms with Crippen LogP contribution >= 0.6 is 11.5 Å². The van der Waals surface area contributed by atoms with Gasteiger partial charge in [-0.3, -0.25) is 9.89 Å². The molecule has 3 aromatic heterocycles. The lowest BCUT2D eigenvalue weighted by atomic mass is 10.5. The van der Waals surface area contributed by atoms with Gasteiger partial charge in [-0.25, -0.2) is 9.97 Å². The fourth-order valence-electron chi connectivity index (χ4n) is 1.68. The highest BCUT2D eigenvalue weighted by Gasteiger charge is 2.17. The number of rotatable bonds is 3. The summed E-state index contributed by atoms with van der Waals surface area (Å²) in [6.07, 6.45) is 0. The number of aryl methyl sites for hydroxylation is 2. The van der Waals surface area contributed by atoms with Crippen molar-refractivity contribution < 1.29 is 4.79 Å². The average molecular weight is 305 g/mol. The number of amides is 1. The summed E-state index contributed by atoms with van der Waals surface area (Å²) in [5.74, 6) is 1.34. The van der Waals surface area contributed by atoms with E-state index in [1.54, 1.807) is 13.8 Å². The van der Waals surface area contributed by atoms with Crippen molar-refractivity contribution in [1.29, 1.82) is 0 Å². The number of carbonyl (C=O) groups excluding carboxylic acids is 1. The van der Waals surface area contributed by atoms with Crippen molar-refractivity contribution in [3.05, 3.63) is 11.6 Å². The number of aromatic amines is 1. The van der Waals surface area contributed by atoms with Gasteiger partial charge in [0.2, 0.25) is 16.7 Å².